The molecule has 11 heteroatoms. The molecule has 1 fully saturated rings. The highest BCUT2D eigenvalue weighted by Crippen LogP contribution is 2.60. The number of carbonyl (C=O) groups excluding carboxylic acids is 1. The number of hydrogen-bond acceptors (Lipinski definition) is 3. The Balaban J connectivity index is 2.18. The Kier molecular flexibility index (Phi) is 6.32. The van der Waals surface area contributed by atoms with E-state index >= 15 is 0 Å². The maximum absolute atomic E-state index is 14.0. The fraction of sp³-hybridized carbons (Fsp3) is 0.500. The first-order valence-corrected chi connectivity index (χ1v) is 8.18. The molecule has 0 N–H and O–H groups in total. The first kappa shape index (κ1) is 23.1. The van der Waals surface area contributed by atoms with Crippen molar-refractivity contribution in [2.75, 3.05) is 7.11 Å². The van der Waals surface area contributed by atoms with Gasteiger partial charge >= 0.3 is 12.1 Å². The first-order valence-electron chi connectivity index (χ1n) is 8.18. The molecule has 162 valence electrons. The smallest absolute Gasteiger partial charge is 0.442 e. The van der Waals surface area contributed by atoms with Crippen molar-refractivity contribution in [1.29, 1.82) is 0 Å². The van der Waals surface area contributed by atoms with E-state index in [1.807, 2.05) is 0 Å². The maximum Gasteiger partial charge on any atom is 0.442 e. The summed E-state index contributed by atoms with van der Waals surface area (Å²) in [7, 11) is 1.05. The molecule has 0 radical (unpaired) electrons. The van der Waals surface area contributed by atoms with Crippen LogP contribution in [-0.4, -0.2) is 19.3 Å². The Hall–Kier alpha value is -2.17. The highest BCUT2D eigenvalue weighted by molar-refractivity contribution is 5.78. The van der Waals surface area contributed by atoms with Gasteiger partial charge < -0.3 is 9.47 Å². The molecule has 0 bridgehead atoms. The molecule has 0 saturated heterocycles. The van der Waals surface area contributed by atoms with Gasteiger partial charge in [0.2, 0.25) is 0 Å². The second-order valence-corrected chi connectivity index (χ2v) is 7.09. The van der Waals surface area contributed by atoms with Crippen molar-refractivity contribution in [3.05, 3.63) is 46.3 Å². The fourth-order valence-corrected chi connectivity index (χ4v) is 3.04. The Morgan fingerprint density at radius 2 is 1.45 bits per heavy atom. The molecule has 3 nitrogen and oxygen atoms in total. The normalized spacial score (nSPS) is 21.3. The van der Waals surface area contributed by atoms with Crippen LogP contribution in [0.5, 0.6) is 0 Å². The third kappa shape index (κ3) is 4.39. The number of esters is 1. The molecule has 1 aliphatic carbocycles. The van der Waals surface area contributed by atoms with Crippen LogP contribution < -0.4 is 0 Å². The predicted octanol–water partition coefficient (Wildman–Crippen LogP) is 5.12. The predicted molar refractivity (Wildman–Crippen MR) is 82.8 cm³/mol. The largest absolute Gasteiger partial charge is 0.460 e. The summed E-state index contributed by atoms with van der Waals surface area (Å²) in [5.41, 5.74) is -3.32. The highest BCUT2D eigenvalue weighted by atomic mass is 19.4. The summed E-state index contributed by atoms with van der Waals surface area (Å²) < 4.78 is 115. The standard InChI is InChI=1S/C18H16F8O3/c1-17(2)9(4-10(19)18(24,25)26)11(17)16(27)29-6-8-14(22)12(20)7(5-28-3)13(21)15(8)23/h4,9,11H,5-6H2,1-3H3/b10-4-/t9-,11+/m0/s1. The van der Waals surface area contributed by atoms with Gasteiger partial charge in [0.05, 0.1) is 23.7 Å². The van der Waals surface area contributed by atoms with E-state index in [1.54, 1.807) is 0 Å². The fourth-order valence-electron chi connectivity index (χ4n) is 3.04. The van der Waals surface area contributed by atoms with E-state index in [0.29, 0.717) is 0 Å². The van der Waals surface area contributed by atoms with E-state index in [0.717, 1.165) is 7.11 Å². The van der Waals surface area contributed by atoms with Crippen LogP contribution >= 0.6 is 0 Å². The molecule has 1 saturated carbocycles. The van der Waals surface area contributed by atoms with E-state index in [1.165, 1.54) is 13.8 Å². The van der Waals surface area contributed by atoms with E-state index < -0.39 is 82.8 Å². The number of hydrogen-bond donors (Lipinski definition) is 0. The van der Waals surface area contributed by atoms with Gasteiger partial charge in [-0.15, -0.1) is 0 Å². The van der Waals surface area contributed by atoms with Crippen molar-refractivity contribution in [2.45, 2.75) is 33.2 Å². The number of benzene rings is 1. The molecule has 0 spiro atoms. The van der Waals surface area contributed by atoms with Crippen molar-refractivity contribution in [1.82, 2.24) is 0 Å². The zero-order valence-corrected chi connectivity index (χ0v) is 15.4. The van der Waals surface area contributed by atoms with E-state index in [-0.39, 0.29) is 6.08 Å². The van der Waals surface area contributed by atoms with Crippen molar-refractivity contribution in [2.24, 2.45) is 17.3 Å². The molecule has 0 aliphatic heterocycles. The Bertz CT molecular complexity index is 815. The molecule has 0 unspecified atom stereocenters. The summed E-state index contributed by atoms with van der Waals surface area (Å²) in [6, 6.07) is 0. The second-order valence-electron chi connectivity index (χ2n) is 7.09. The minimum Gasteiger partial charge on any atom is -0.460 e. The van der Waals surface area contributed by atoms with Crippen LogP contribution in [0.4, 0.5) is 35.1 Å². The van der Waals surface area contributed by atoms with Crippen molar-refractivity contribution in [3.63, 3.8) is 0 Å². The summed E-state index contributed by atoms with van der Waals surface area (Å²) in [6.07, 6.45) is -5.00. The van der Waals surface area contributed by atoms with Crippen molar-refractivity contribution < 1.29 is 49.4 Å². The Morgan fingerprint density at radius 1 is 1.00 bits per heavy atom. The van der Waals surface area contributed by atoms with Crippen LogP contribution in [-0.2, 0) is 27.5 Å². The lowest BCUT2D eigenvalue weighted by molar-refractivity contribution is -0.147. The number of allylic oxidation sites excluding steroid dienone is 2. The van der Waals surface area contributed by atoms with E-state index in [4.69, 9.17) is 0 Å². The van der Waals surface area contributed by atoms with Crippen LogP contribution in [0.2, 0.25) is 0 Å². The quantitative estimate of drug-likeness (QED) is 0.356. The van der Waals surface area contributed by atoms with Crippen LogP contribution in [0.15, 0.2) is 11.9 Å². The van der Waals surface area contributed by atoms with Crippen LogP contribution in [0.25, 0.3) is 0 Å². The molecule has 0 heterocycles. The molecule has 0 aromatic heterocycles. The third-order valence-electron chi connectivity index (χ3n) is 4.85. The molecule has 2 atom stereocenters. The lowest BCUT2D eigenvalue weighted by Crippen LogP contribution is -2.15. The molecule has 1 aliphatic rings. The summed E-state index contributed by atoms with van der Waals surface area (Å²) in [5.74, 6) is -13.0. The number of ether oxygens (including phenoxy) is 2. The summed E-state index contributed by atoms with van der Waals surface area (Å²) in [6.45, 7) is 0.774. The highest BCUT2D eigenvalue weighted by Gasteiger charge is 2.62. The number of alkyl halides is 3. The second kappa shape index (κ2) is 7.92. The molecule has 2 rings (SSSR count). The number of halogens is 8. The first-order chi connectivity index (χ1) is 13.2. The van der Waals surface area contributed by atoms with Gasteiger partial charge in [0, 0.05) is 7.11 Å². The van der Waals surface area contributed by atoms with Crippen molar-refractivity contribution >= 4 is 5.97 Å². The average molecular weight is 432 g/mol. The molecular weight excluding hydrogens is 416 g/mol. The average Bonchev–Trinajstić information content (AvgIpc) is 3.16. The minimum absolute atomic E-state index is 0.228. The molecule has 29 heavy (non-hydrogen) atoms. The number of methoxy groups -OCH3 is 1. The third-order valence-corrected chi connectivity index (χ3v) is 4.85. The van der Waals surface area contributed by atoms with Gasteiger partial charge in [0.15, 0.2) is 29.1 Å². The van der Waals surface area contributed by atoms with Gasteiger partial charge in [-0.2, -0.15) is 13.2 Å². The molecule has 1 aromatic carbocycles. The van der Waals surface area contributed by atoms with E-state index in [9.17, 15) is 39.9 Å². The van der Waals surface area contributed by atoms with Crippen LogP contribution in [0.3, 0.4) is 0 Å². The lowest BCUT2D eigenvalue weighted by Gasteiger charge is -2.12. The van der Waals surface area contributed by atoms with Gasteiger partial charge in [0.25, 0.3) is 0 Å². The number of carbonyl (C=O) groups is 1. The van der Waals surface area contributed by atoms with Crippen LogP contribution in [0.1, 0.15) is 25.0 Å². The monoisotopic (exact) mass is 432 g/mol. The topological polar surface area (TPSA) is 35.5 Å². The summed E-state index contributed by atoms with van der Waals surface area (Å²) in [4.78, 5) is 12.1. The van der Waals surface area contributed by atoms with E-state index in [2.05, 4.69) is 9.47 Å². The van der Waals surface area contributed by atoms with Gasteiger partial charge in [0.1, 0.15) is 6.61 Å². The molecular formula is C18H16F8O3. The zero-order valence-electron chi connectivity index (χ0n) is 15.4. The maximum atomic E-state index is 14.0. The van der Waals surface area contributed by atoms with Gasteiger partial charge in [-0.05, 0) is 17.4 Å². The SMILES string of the molecule is COCc1c(F)c(F)c(COC(=O)[C@H]2[C@H](/C=C(\F)C(F)(F)F)C2(C)C)c(F)c1F. The van der Waals surface area contributed by atoms with Gasteiger partial charge in [-0.1, -0.05) is 13.8 Å². The Labute approximate surface area is 160 Å². The number of rotatable bonds is 6. The van der Waals surface area contributed by atoms with Gasteiger partial charge in [-0.3, -0.25) is 4.79 Å². The molecule has 0 amide bonds. The van der Waals surface area contributed by atoms with Gasteiger partial charge in [-0.25, -0.2) is 22.0 Å². The summed E-state index contributed by atoms with van der Waals surface area (Å²) in [5, 5.41) is 0. The Morgan fingerprint density at radius 3 is 1.86 bits per heavy atom. The minimum atomic E-state index is -5.22. The van der Waals surface area contributed by atoms with Crippen molar-refractivity contribution in [3.8, 4) is 0 Å². The lowest BCUT2D eigenvalue weighted by atomic mass is 10.1. The molecule has 1 aromatic rings. The zero-order chi connectivity index (χ0) is 22.3. The summed E-state index contributed by atoms with van der Waals surface area (Å²) >= 11 is 0. The van der Waals surface area contributed by atoms with Crippen LogP contribution in [0, 0.1) is 40.5 Å².